The molecule has 1 aliphatic rings. The van der Waals surface area contributed by atoms with Gasteiger partial charge in [0.25, 0.3) is 0 Å². The van der Waals surface area contributed by atoms with Crippen LogP contribution < -0.4 is 0 Å². The standard InChI is InChI=1S/C41H25NO/c1-2-12-31-30(11-1)32-13-3-4-14-34(32)36-18-8-17-29(41(36)35-16-6-5-15-33(31)35)28-10-7-9-26(23-28)27-19-20-39-37(24-27)38-25-42-22-21-40(38)43-39/h1-25H. The maximum atomic E-state index is 6.07. The van der Waals surface area contributed by atoms with Gasteiger partial charge in [0, 0.05) is 23.2 Å². The average Bonchev–Trinajstić information content (AvgIpc) is 3.45. The average molecular weight is 548 g/mol. The smallest absolute Gasteiger partial charge is 0.138 e. The van der Waals surface area contributed by atoms with E-state index in [0.29, 0.717) is 0 Å². The largest absolute Gasteiger partial charge is 0.456 e. The number of nitrogens with zero attached hydrogens (tertiary/aromatic N) is 1. The maximum Gasteiger partial charge on any atom is 0.138 e. The number of rotatable bonds is 2. The summed E-state index contributed by atoms with van der Waals surface area (Å²) in [6.07, 6.45) is 3.66. The number of pyridine rings is 1. The Balaban J connectivity index is 1.29. The highest BCUT2D eigenvalue weighted by molar-refractivity contribution is 6.08. The maximum absolute atomic E-state index is 6.07. The lowest BCUT2D eigenvalue weighted by Gasteiger charge is -2.25. The van der Waals surface area contributed by atoms with Crippen LogP contribution in [0, 0.1) is 0 Å². The molecule has 2 heteroatoms. The van der Waals surface area contributed by atoms with Gasteiger partial charge in [-0.25, -0.2) is 0 Å². The van der Waals surface area contributed by atoms with Crippen molar-refractivity contribution in [2.45, 2.75) is 0 Å². The monoisotopic (exact) mass is 547 g/mol. The minimum absolute atomic E-state index is 0.860. The van der Waals surface area contributed by atoms with Crippen molar-refractivity contribution in [2.75, 3.05) is 0 Å². The molecular formula is C41H25NO. The Kier molecular flexibility index (Phi) is 5.23. The molecule has 0 bridgehead atoms. The van der Waals surface area contributed by atoms with Crippen LogP contribution >= 0.6 is 0 Å². The fourth-order valence-corrected chi connectivity index (χ4v) is 6.82. The van der Waals surface area contributed by atoms with Gasteiger partial charge in [-0.3, -0.25) is 4.98 Å². The van der Waals surface area contributed by atoms with Crippen LogP contribution in [0.5, 0.6) is 0 Å². The van der Waals surface area contributed by atoms with Gasteiger partial charge in [-0.1, -0.05) is 115 Å². The van der Waals surface area contributed by atoms with Gasteiger partial charge < -0.3 is 4.42 Å². The van der Waals surface area contributed by atoms with Crippen LogP contribution in [-0.2, 0) is 0 Å². The second-order valence-electron chi connectivity index (χ2n) is 11.1. The van der Waals surface area contributed by atoms with E-state index in [4.69, 9.17) is 4.42 Å². The Morgan fingerprint density at radius 2 is 0.907 bits per heavy atom. The third-order valence-electron chi connectivity index (χ3n) is 8.76. The van der Waals surface area contributed by atoms with Gasteiger partial charge in [-0.15, -0.1) is 0 Å². The molecule has 0 amide bonds. The van der Waals surface area contributed by atoms with Crippen molar-refractivity contribution in [2.24, 2.45) is 0 Å². The van der Waals surface area contributed by atoms with Crippen LogP contribution in [0.4, 0.5) is 0 Å². The Morgan fingerprint density at radius 3 is 1.65 bits per heavy atom. The summed E-state index contributed by atoms with van der Waals surface area (Å²) in [7, 11) is 0. The van der Waals surface area contributed by atoms with E-state index in [1.807, 2.05) is 12.3 Å². The molecule has 0 unspecified atom stereocenters. The molecule has 200 valence electrons. The van der Waals surface area contributed by atoms with E-state index in [1.165, 1.54) is 61.2 Å². The number of fused-ring (bicyclic) bond motifs is 11. The predicted octanol–water partition coefficient (Wildman–Crippen LogP) is 11.3. The van der Waals surface area contributed by atoms with Gasteiger partial charge in [0.05, 0.1) is 0 Å². The van der Waals surface area contributed by atoms with Gasteiger partial charge in [0.1, 0.15) is 11.2 Å². The van der Waals surface area contributed by atoms with Crippen LogP contribution in [0.2, 0.25) is 0 Å². The molecule has 43 heavy (non-hydrogen) atoms. The van der Waals surface area contributed by atoms with Gasteiger partial charge in [0.2, 0.25) is 0 Å². The summed E-state index contributed by atoms with van der Waals surface area (Å²) >= 11 is 0. The van der Waals surface area contributed by atoms with Crippen molar-refractivity contribution in [3.8, 4) is 66.8 Å². The lowest BCUT2D eigenvalue weighted by molar-refractivity contribution is 0.668. The van der Waals surface area contributed by atoms with E-state index in [0.717, 1.165) is 27.5 Å². The highest BCUT2D eigenvalue weighted by Crippen LogP contribution is 2.50. The molecular weight excluding hydrogens is 522 g/mol. The molecule has 2 nitrogen and oxygen atoms in total. The molecule has 8 aromatic rings. The Labute approximate surface area is 249 Å². The molecule has 0 fully saturated rings. The normalized spacial score (nSPS) is 11.7. The fraction of sp³-hybridized carbons (Fsp3) is 0. The molecule has 0 saturated heterocycles. The first-order chi connectivity index (χ1) is 21.3. The molecule has 0 spiro atoms. The molecule has 0 radical (unpaired) electrons. The third kappa shape index (κ3) is 3.70. The fourth-order valence-electron chi connectivity index (χ4n) is 6.82. The lowest BCUT2D eigenvalue weighted by Crippen LogP contribution is -1.98. The van der Waals surface area contributed by atoms with Crippen LogP contribution in [0.15, 0.2) is 156 Å². The molecule has 6 aromatic carbocycles. The first-order valence-electron chi connectivity index (χ1n) is 14.6. The number of furan rings is 1. The quantitative estimate of drug-likeness (QED) is 0.215. The molecule has 0 atom stereocenters. The van der Waals surface area contributed by atoms with E-state index in [9.17, 15) is 0 Å². The molecule has 2 heterocycles. The minimum atomic E-state index is 0.860. The highest BCUT2D eigenvalue weighted by atomic mass is 16.3. The van der Waals surface area contributed by atoms with Crippen LogP contribution in [0.25, 0.3) is 88.7 Å². The Morgan fingerprint density at radius 1 is 0.372 bits per heavy atom. The number of hydrogen-bond acceptors (Lipinski definition) is 2. The summed E-state index contributed by atoms with van der Waals surface area (Å²) in [6, 6.07) is 50.5. The first-order valence-corrected chi connectivity index (χ1v) is 14.6. The zero-order valence-corrected chi connectivity index (χ0v) is 23.3. The lowest BCUT2D eigenvalue weighted by atomic mass is 9.78. The van der Waals surface area contributed by atoms with E-state index in [-0.39, 0.29) is 0 Å². The SMILES string of the molecule is c1cc(-c2ccc3oc4ccncc4c3c2)cc(-c2cccc3c2-c2ccccc2-c2ccccc2-c2ccccc2-3)c1. The molecule has 2 aromatic heterocycles. The van der Waals surface area contributed by atoms with Gasteiger partial charge in [-0.2, -0.15) is 0 Å². The summed E-state index contributed by atoms with van der Waals surface area (Å²) in [5.74, 6) is 0. The molecule has 0 aliphatic heterocycles. The number of benzene rings is 6. The topological polar surface area (TPSA) is 26.0 Å². The molecule has 1 aliphatic carbocycles. The zero-order chi connectivity index (χ0) is 28.3. The third-order valence-corrected chi connectivity index (χ3v) is 8.76. The van der Waals surface area contributed by atoms with Gasteiger partial charge >= 0.3 is 0 Å². The number of aromatic nitrogens is 1. The second kappa shape index (κ2) is 9.40. The molecule has 0 N–H and O–H groups in total. The highest BCUT2D eigenvalue weighted by Gasteiger charge is 2.23. The van der Waals surface area contributed by atoms with Crippen molar-refractivity contribution in [1.29, 1.82) is 0 Å². The van der Waals surface area contributed by atoms with E-state index < -0.39 is 0 Å². The van der Waals surface area contributed by atoms with Gasteiger partial charge in [0.15, 0.2) is 0 Å². The predicted molar refractivity (Wildman–Crippen MR) is 178 cm³/mol. The van der Waals surface area contributed by atoms with E-state index >= 15 is 0 Å². The van der Waals surface area contributed by atoms with Crippen molar-refractivity contribution in [1.82, 2.24) is 4.98 Å². The van der Waals surface area contributed by atoms with E-state index in [2.05, 4.69) is 138 Å². The Hall–Kier alpha value is -5.73. The van der Waals surface area contributed by atoms with Crippen LogP contribution in [0.3, 0.4) is 0 Å². The molecule has 9 rings (SSSR count). The number of hydrogen-bond donors (Lipinski definition) is 0. The van der Waals surface area contributed by atoms with Gasteiger partial charge in [-0.05, 0) is 91.0 Å². The zero-order valence-electron chi connectivity index (χ0n) is 23.3. The Bertz CT molecular complexity index is 2350. The summed E-state index contributed by atoms with van der Waals surface area (Å²) < 4.78 is 6.07. The second-order valence-corrected chi connectivity index (χ2v) is 11.1. The van der Waals surface area contributed by atoms with Crippen LogP contribution in [-0.4, -0.2) is 4.98 Å². The summed E-state index contributed by atoms with van der Waals surface area (Å²) in [5, 5.41) is 2.12. The van der Waals surface area contributed by atoms with Crippen molar-refractivity contribution < 1.29 is 4.42 Å². The summed E-state index contributed by atoms with van der Waals surface area (Å²) in [6.45, 7) is 0. The van der Waals surface area contributed by atoms with Crippen LogP contribution in [0.1, 0.15) is 0 Å². The first kappa shape index (κ1) is 23.9. The summed E-state index contributed by atoms with van der Waals surface area (Å²) in [5.41, 5.74) is 16.5. The summed E-state index contributed by atoms with van der Waals surface area (Å²) in [4.78, 5) is 4.34. The molecule has 0 saturated carbocycles. The minimum Gasteiger partial charge on any atom is -0.456 e. The van der Waals surface area contributed by atoms with Crippen molar-refractivity contribution in [3.63, 3.8) is 0 Å². The van der Waals surface area contributed by atoms with Crippen molar-refractivity contribution >= 4 is 21.9 Å². The van der Waals surface area contributed by atoms with E-state index in [1.54, 1.807) is 6.20 Å². The van der Waals surface area contributed by atoms with Crippen molar-refractivity contribution in [3.05, 3.63) is 152 Å².